The molecule has 0 aliphatic carbocycles. The molecule has 2 N–H and O–H groups in total. The largest absolute Gasteiger partial charge is 0.383 e. The number of rotatable bonds is 6. The summed E-state index contributed by atoms with van der Waals surface area (Å²) in [6.07, 6.45) is 2.76. The number of hydrogen-bond acceptors (Lipinski definition) is 4. The van der Waals surface area contributed by atoms with E-state index in [1.165, 1.54) is 5.56 Å². The first-order chi connectivity index (χ1) is 8.04. The Hall–Kier alpha value is -1.13. The molecule has 1 aromatic rings. The van der Waals surface area contributed by atoms with Crippen molar-refractivity contribution in [2.75, 3.05) is 25.7 Å². The van der Waals surface area contributed by atoms with Gasteiger partial charge in [-0.15, -0.1) is 0 Å². The van der Waals surface area contributed by atoms with Crippen molar-refractivity contribution in [3.05, 3.63) is 23.9 Å². The Balaban J connectivity index is 2.66. The molecule has 4 heteroatoms. The van der Waals surface area contributed by atoms with Gasteiger partial charge in [-0.05, 0) is 31.9 Å². The van der Waals surface area contributed by atoms with Crippen LogP contribution in [-0.4, -0.2) is 37.8 Å². The molecule has 2 unspecified atom stereocenters. The zero-order valence-corrected chi connectivity index (χ0v) is 11.2. The first-order valence-corrected chi connectivity index (χ1v) is 5.97. The van der Waals surface area contributed by atoms with Gasteiger partial charge in [0.1, 0.15) is 5.82 Å². The molecule has 0 amide bonds. The van der Waals surface area contributed by atoms with E-state index in [0.29, 0.717) is 12.6 Å². The Bertz CT molecular complexity index is 324. The van der Waals surface area contributed by atoms with Gasteiger partial charge in [0.25, 0.3) is 0 Å². The normalized spacial score (nSPS) is 14.4. The van der Waals surface area contributed by atoms with E-state index < -0.39 is 0 Å². The van der Waals surface area contributed by atoms with Crippen LogP contribution >= 0.6 is 0 Å². The molecule has 4 nitrogen and oxygen atoms in total. The molecule has 0 aliphatic heterocycles. The molecule has 0 fully saturated rings. The van der Waals surface area contributed by atoms with Crippen LogP contribution in [0.1, 0.15) is 19.4 Å². The average Bonchev–Trinajstić information content (AvgIpc) is 2.28. The number of anilines is 1. The van der Waals surface area contributed by atoms with Crippen LogP contribution in [0.4, 0.5) is 5.82 Å². The second-order valence-corrected chi connectivity index (χ2v) is 4.62. The third-order valence-corrected chi connectivity index (χ3v) is 2.80. The number of nitrogens with zero attached hydrogens (tertiary/aromatic N) is 2. The summed E-state index contributed by atoms with van der Waals surface area (Å²) in [5.41, 5.74) is 6.93. The Morgan fingerprint density at radius 3 is 2.59 bits per heavy atom. The van der Waals surface area contributed by atoms with Gasteiger partial charge in [0.05, 0.1) is 12.6 Å². The highest BCUT2D eigenvalue weighted by molar-refractivity contribution is 5.39. The third-order valence-electron chi connectivity index (χ3n) is 2.80. The number of nitrogens with two attached hydrogens (primary N) is 1. The highest BCUT2D eigenvalue weighted by atomic mass is 16.5. The van der Waals surface area contributed by atoms with Crippen molar-refractivity contribution in [2.24, 2.45) is 5.73 Å². The van der Waals surface area contributed by atoms with E-state index in [9.17, 15) is 0 Å². The quantitative estimate of drug-likeness (QED) is 0.813. The summed E-state index contributed by atoms with van der Waals surface area (Å²) in [4.78, 5) is 6.56. The van der Waals surface area contributed by atoms with Gasteiger partial charge in [0, 0.05) is 26.4 Å². The van der Waals surface area contributed by atoms with Crippen LogP contribution in [0.3, 0.4) is 0 Å². The van der Waals surface area contributed by atoms with Crippen molar-refractivity contribution in [1.29, 1.82) is 0 Å². The maximum Gasteiger partial charge on any atom is 0.128 e. The van der Waals surface area contributed by atoms with Gasteiger partial charge in [-0.25, -0.2) is 4.98 Å². The van der Waals surface area contributed by atoms with Gasteiger partial charge >= 0.3 is 0 Å². The van der Waals surface area contributed by atoms with Crippen molar-refractivity contribution in [3.63, 3.8) is 0 Å². The number of ether oxygens (including phenoxy) is 1. The molecule has 96 valence electrons. The van der Waals surface area contributed by atoms with Gasteiger partial charge in [-0.2, -0.15) is 0 Å². The number of pyridine rings is 1. The fourth-order valence-electron chi connectivity index (χ4n) is 1.70. The van der Waals surface area contributed by atoms with Crippen LogP contribution in [0.5, 0.6) is 0 Å². The molecule has 0 spiro atoms. The molecule has 2 atom stereocenters. The second kappa shape index (κ2) is 6.57. The topological polar surface area (TPSA) is 51.4 Å². The third kappa shape index (κ3) is 4.32. The second-order valence-electron chi connectivity index (χ2n) is 4.62. The van der Waals surface area contributed by atoms with Crippen molar-refractivity contribution < 1.29 is 4.74 Å². The van der Waals surface area contributed by atoms with Crippen LogP contribution in [-0.2, 0) is 11.2 Å². The standard InChI is InChI=1S/C13H23N3O/c1-10(14)7-12-5-6-13(15-8-12)16(3)11(2)9-17-4/h5-6,8,10-11H,7,9,14H2,1-4H3. The first-order valence-electron chi connectivity index (χ1n) is 5.97. The predicted molar refractivity (Wildman–Crippen MR) is 71.3 cm³/mol. The van der Waals surface area contributed by atoms with Gasteiger partial charge < -0.3 is 15.4 Å². The lowest BCUT2D eigenvalue weighted by Crippen LogP contribution is -2.33. The molecule has 0 saturated carbocycles. The van der Waals surface area contributed by atoms with E-state index in [-0.39, 0.29) is 6.04 Å². The van der Waals surface area contributed by atoms with Gasteiger partial charge in [0.15, 0.2) is 0 Å². The molecule has 0 aliphatic rings. The van der Waals surface area contributed by atoms with E-state index in [0.717, 1.165) is 12.2 Å². The Kier molecular flexibility index (Phi) is 5.38. The lowest BCUT2D eigenvalue weighted by molar-refractivity contribution is 0.183. The molecule has 1 heterocycles. The molecule has 1 rings (SSSR count). The Morgan fingerprint density at radius 2 is 2.12 bits per heavy atom. The number of hydrogen-bond donors (Lipinski definition) is 1. The van der Waals surface area contributed by atoms with E-state index in [2.05, 4.69) is 22.9 Å². The summed E-state index contributed by atoms with van der Waals surface area (Å²) < 4.78 is 5.14. The molecule has 0 aromatic carbocycles. The summed E-state index contributed by atoms with van der Waals surface area (Å²) in [6, 6.07) is 4.60. The minimum Gasteiger partial charge on any atom is -0.383 e. The zero-order chi connectivity index (χ0) is 12.8. The Morgan fingerprint density at radius 1 is 1.41 bits per heavy atom. The fourth-order valence-corrected chi connectivity index (χ4v) is 1.70. The van der Waals surface area contributed by atoms with E-state index in [1.54, 1.807) is 7.11 Å². The fraction of sp³-hybridized carbons (Fsp3) is 0.615. The summed E-state index contributed by atoms with van der Waals surface area (Å²) in [5, 5.41) is 0. The number of aromatic nitrogens is 1. The maximum absolute atomic E-state index is 5.76. The van der Waals surface area contributed by atoms with Crippen LogP contribution in [0.2, 0.25) is 0 Å². The molecule has 0 bridgehead atoms. The van der Waals surface area contributed by atoms with Crippen LogP contribution in [0.25, 0.3) is 0 Å². The summed E-state index contributed by atoms with van der Waals surface area (Å²) >= 11 is 0. The summed E-state index contributed by atoms with van der Waals surface area (Å²) in [7, 11) is 3.74. The maximum atomic E-state index is 5.76. The predicted octanol–water partition coefficient (Wildman–Crippen LogP) is 1.44. The smallest absolute Gasteiger partial charge is 0.128 e. The van der Waals surface area contributed by atoms with Gasteiger partial charge in [-0.3, -0.25) is 0 Å². The van der Waals surface area contributed by atoms with Crippen LogP contribution in [0.15, 0.2) is 18.3 Å². The molecule has 0 saturated heterocycles. The Labute approximate surface area is 104 Å². The molecule has 17 heavy (non-hydrogen) atoms. The van der Waals surface area contributed by atoms with Gasteiger partial charge in [0.2, 0.25) is 0 Å². The van der Waals surface area contributed by atoms with Crippen molar-refractivity contribution >= 4 is 5.82 Å². The summed E-state index contributed by atoms with van der Waals surface area (Å²) in [5.74, 6) is 0.961. The number of likely N-dealkylation sites (N-methyl/N-ethyl adjacent to an activating group) is 1. The monoisotopic (exact) mass is 237 g/mol. The molecular weight excluding hydrogens is 214 g/mol. The van der Waals surface area contributed by atoms with E-state index in [1.807, 2.05) is 26.2 Å². The highest BCUT2D eigenvalue weighted by Gasteiger charge is 2.10. The lowest BCUT2D eigenvalue weighted by atomic mass is 10.1. The minimum absolute atomic E-state index is 0.174. The summed E-state index contributed by atoms with van der Waals surface area (Å²) in [6.45, 7) is 4.81. The number of methoxy groups -OCH3 is 1. The zero-order valence-electron chi connectivity index (χ0n) is 11.2. The lowest BCUT2D eigenvalue weighted by Gasteiger charge is -2.25. The molecular formula is C13H23N3O. The van der Waals surface area contributed by atoms with Crippen LogP contribution in [0, 0.1) is 0 Å². The van der Waals surface area contributed by atoms with Crippen LogP contribution < -0.4 is 10.6 Å². The van der Waals surface area contributed by atoms with E-state index >= 15 is 0 Å². The molecule has 0 radical (unpaired) electrons. The SMILES string of the molecule is COCC(C)N(C)c1ccc(CC(C)N)cn1. The molecule has 1 aromatic heterocycles. The first kappa shape index (κ1) is 13.9. The minimum atomic E-state index is 0.174. The van der Waals surface area contributed by atoms with Crippen molar-refractivity contribution in [1.82, 2.24) is 4.98 Å². The van der Waals surface area contributed by atoms with Crippen molar-refractivity contribution in [2.45, 2.75) is 32.4 Å². The van der Waals surface area contributed by atoms with E-state index in [4.69, 9.17) is 10.5 Å². The van der Waals surface area contributed by atoms with Crippen molar-refractivity contribution in [3.8, 4) is 0 Å². The highest BCUT2D eigenvalue weighted by Crippen LogP contribution is 2.13. The van der Waals surface area contributed by atoms with Gasteiger partial charge in [-0.1, -0.05) is 6.07 Å². The average molecular weight is 237 g/mol.